The van der Waals surface area contributed by atoms with Crippen LogP contribution in [0.25, 0.3) is 0 Å². The van der Waals surface area contributed by atoms with E-state index in [9.17, 15) is 9.59 Å². The van der Waals surface area contributed by atoms with Gasteiger partial charge in [0.25, 0.3) is 0 Å². The third-order valence-electron chi connectivity index (χ3n) is 7.27. The van der Waals surface area contributed by atoms with Crippen LogP contribution in [0.2, 0.25) is 0 Å². The van der Waals surface area contributed by atoms with Crippen molar-refractivity contribution in [3.8, 4) is 0 Å². The smallest absolute Gasteiger partial charge is 0.239 e. The number of rotatable bonds is 4. The van der Waals surface area contributed by atoms with Gasteiger partial charge < -0.3 is 5.32 Å². The van der Waals surface area contributed by atoms with Crippen LogP contribution in [0.1, 0.15) is 32.3 Å². The first-order valence-electron chi connectivity index (χ1n) is 12.6. The van der Waals surface area contributed by atoms with Crippen LogP contribution in [0.3, 0.4) is 0 Å². The zero-order valence-electron chi connectivity index (χ0n) is 20.3. The first kappa shape index (κ1) is 24.1. The molecule has 4 fully saturated rings. The van der Waals surface area contributed by atoms with Gasteiger partial charge in [0.2, 0.25) is 11.8 Å². The van der Waals surface area contributed by atoms with E-state index < -0.39 is 0 Å². The van der Waals surface area contributed by atoms with Crippen molar-refractivity contribution < 1.29 is 9.59 Å². The quantitative estimate of drug-likeness (QED) is 0.736. The van der Waals surface area contributed by atoms with Gasteiger partial charge in [-0.25, -0.2) is 10.0 Å². The number of piperazine rings is 2. The van der Waals surface area contributed by atoms with Crippen molar-refractivity contribution in [1.29, 1.82) is 0 Å². The summed E-state index contributed by atoms with van der Waals surface area (Å²) in [5.74, 6) is 1.05. The molecule has 4 heterocycles. The first-order valence-corrected chi connectivity index (χ1v) is 12.6. The maximum atomic E-state index is 12.0. The van der Waals surface area contributed by atoms with Gasteiger partial charge in [-0.3, -0.25) is 24.5 Å². The average molecular weight is 457 g/mol. The predicted molar refractivity (Wildman–Crippen MR) is 129 cm³/mol. The van der Waals surface area contributed by atoms with E-state index in [-0.39, 0.29) is 11.8 Å². The van der Waals surface area contributed by atoms with Crippen molar-refractivity contribution in [3.05, 3.63) is 35.9 Å². The predicted octanol–water partition coefficient (Wildman–Crippen LogP) is 1.26. The lowest BCUT2D eigenvalue weighted by atomic mass is 10.1. The van der Waals surface area contributed by atoms with E-state index in [0.29, 0.717) is 11.8 Å². The van der Waals surface area contributed by atoms with Crippen LogP contribution in [0.5, 0.6) is 0 Å². The summed E-state index contributed by atoms with van der Waals surface area (Å²) in [5, 5.41) is 11.6. The number of hydrazine groups is 2. The van der Waals surface area contributed by atoms with Gasteiger partial charge in [0.1, 0.15) is 0 Å². The second-order valence-corrected chi connectivity index (χ2v) is 9.72. The Bertz CT molecular complexity index is 776. The summed E-state index contributed by atoms with van der Waals surface area (Å²) in [7, 11) is 0. The van der Waals surface area contributed by atoms with Crippen LogP contribution in [0.4, 0.5) is 0 Å². The van der Waals surface area contributed by atoms with E-state index in [1.165, 1.54) is 5.56 Å². The molecular formula is C25H40N6O2. The van der Waals surface area contributed by atoms with Crippen molar-refractivity contribution in [1.82, 2.24) is 30.3 Å². The number of carbonyl (C=O) groups is 2. The van der Waals surface area contributed by atoms with Crippen molar-refractivity contribution in [2.45, 2.75) is 33.2 Å². The number of benzene rings is 1. The molecule has 8 heteroatoms. The Morgan fingerprint density at radius 1 is 0.727 bits per heavy atom. The van der Waals surface area contributed by atoms with Gasteiger partial charge >= 0.3 is 0 Å². The molecule has 0 bridgehead atoms. The number of nitrogens with zero attached hydrogens (tertiary/aromatic N) is 5. The number of hydrogen-bond acceptors (Lipinski definition) is 6. The standard InChI is InChI=1S/C16H23N3O.C9H17N3O/c1-14-7-8-19(16(14)20)18-11-9-17(10-12-18)13-15-5-3-2-4-6-15;1-8-2-5-12(9(8)13)11-6-3-10-4-7-11/h2-6,14H,7-13H2,1H3;8,10H,2-7H2,1H3. The van der Waals surface area contributed by atoms with E-state index in [1.807, 2.05) is 23.9 Å². The van der Waals surface area contributed by atoms with Crippen LogP contribution >= 0.6 is 0 Å². The SMILES string of the molecule is CC1CCN(N2CCN(Cc3ccccc3)CC2)C1=O.CC1CCN(N2CCNCC2)C1=O. The monoisotopic (exact) mass is 456 g/mol. The van der Waals surface area contributed by atoms with Gasteiger partial charge in [-0.15, -0.1) is 0 Å². The van der Waals surface area contributed by atoms with Crippen LogP contribution in [0.15, 0.2) is 30.3 Å². The number of hydrogen-bond donors (Lipinski definition) is 1. The zero-order chi connectivity index (χ0) is 23.2. The van der Waals surface area contributed by atoms with Gasteiger partial charge in [-0.2, -0.15) is 0 Å². The fourth-order valence-electron chi connectivity index (χ4n) is 5.04. The molecule has 1 aromatic rings. The molecule has 0 spiro atoms. The molecule has 4 aliphatic rings. The Labute approximate surface area is 198 Å². The summed E-state index contributed by atoms with van der Waals surface area (Å²) in [4.78, 5) is 26.2. The third kappa shape index (κ3) is 6.12. The summed E-state index contributed by atoms with van der Waals surface area (Å²) >= 11 is 0. The van der Waals surface area contributed by atoms with E-state index in [2.05, 4.69) is 50.6 Å². The molecule has 0 saturated carbocycles. The Morgan fingerprint density at radius 2 is 1.24 bits per heavy atom. The van der Waals surface area contributed by atoms with Crippen molar-refractivity contribution in [2.24, 2.45) is 11.8 Å². The third-order valence-corrected chi connectivity index (χ3v) is 7.27. The normalized spacial score (nSPS) is 27.7. The Kier molecular flexibility index (Phi) is 8.35. The van der Waals surface area contributed by atoms with Gasteiger partial charge in [-0.1, -0.05) is 44.2 Å². The fourth-order valence-corrected chi connectivity index (χ4v) is 5.04. The maximum Gasteiger partial charge on any atom is 0.239 e. The molecule has 33 heavy (non-hydrogen) atoms. The lowest BCUT2D eigenvalue weighted by Gasteiger charge is -2.39. The Hall–Kier alpha value is -2.00. The summed E-state index contributed by atoms with van der Waals surface area (Å²) in [6, 6.07) is 10.6. The molecule has 0 radical (unpaired) electrons. The molecular weight excluding hydrogens is 416 g/mol. The minimum absolute atomic E-state index is 0.206. The minimum Gasteiger partial charge on any atom is -0.314 e. The van der Waals surface area contributed by atoms with Gasteiger partial charge in [0.05, 0.1) is 0 Å². The first-order chi connectivity index (χ1) is 16.0. The van der Waals surface area contributed by atoms with Crippen LogP contribution in [-0.4, -0.2) is 102 Å². The molecule has 4 aliphatic heterocycles. The van der Waals surface area contributed by atoms with Gasteiger partial charge in [0, 0.05) is 83.8 Å². The van der Waals surface area contributed by atoms with Crippen LogP contribution in [0, 0.1) is 11.8 Å². The molecule has 0 aromatic heterocycles. The molecule has 2 unspecified atom stereocenters. The molecule has 182 valence electrons. The second kappa shape index (κ2) is 11.4. The lowest BCUT2D eigenvalue weighted by Crippen LogP contribution is -2.54. The van der Waals surface area contributed by atoms with Crippen molar-refractivity contribution >= 4 is 11.8 Å². The molecule has 2 amide bonds. The summed E-state index contributed by atoms with van der Waals surface area (Å²) in [6.07, 6.45) is 2.02. The molecule has 1 aromatic carbocycles. The Morgan fingerprint density at radius 3 is 1.73 bits per heavy atom. The highest BCUT2D eigenvalue weighted by Crippen LogP contribution is 2.21. The maximum absolute atomic E-state index is 12.0. The highest BCUT2D eigenvalue weighted by atomic mass is 16.2. The zero-order valence-corrected chi connectivity index (χ0v) is 20.3. The van der Waals surface area contributed by atoms with Crippen molar-refractivity contribution in [3.63, 3.8) is 0 Å². The average Bonchev–Trinajstić information content (AvgIpc) is 3.37. The van der Waals surface area contributed by atoms with E-state index in [1.54, 1.807) is 0 Å². The van der Waals surface area contributed by atoms with Gasteiger partial charge in [0.15, 0.2) is 0 Å². The van der Waals surface area contributed by atoms with Crippen LogP contribution < -0.4 is 5.32 Å². The largest absolute Gasteiger partial charge is 0.314 e. The summed E-state index contributed by atoms with van der Waals surface area (Å²) in [5.41, 5.74) is 1.37. The topological polar surface area (TPSA) is 62.4 Å². The number of carbonyl (C=O) groups excluding carboxylic acids is 2. The molecule has 0 aliphatic carbocycles. The number of amides is 2. The van der Waals surface area contributed by atoms with Crippen molar-refractivity contribution in [2.75, 3.05) is 65.4 Å². The lowest BCUT2D eigenvalue weighted by molar-refractivity contribution is -0.149. The van der Waals surface area contributed by atoms with E-state index >= 15 is 0 Å². The van der Waals surface area contributed by atoms with Crippen LogP contribution in [-0.2, 0) is 16.1 Å². The molecule has 5 rings (SSSR count). The highest BCUT2D eigenvalue weighted by molar-refractivity contribution is 5.80. The minimum atomic E-state index is 0.206. The summed E-state index contributed by atoms with van der Waals surface area (Å²) in [6.45, 7) is 14.8. The molecule has 2 atom stereocenters. The second-order valence-electron chi connectivity index (χ2n) is 9.72. The van der Waals surface area contributed by atoms with E-state index in [4.69, 9.17) is 0 Å². The fraction of sp³-hybridized carbons (Fsp3) is 0.680. The van der Waals surface area contributed by atoms with E-state index in [0.717, 1.165) is 84.8 Å². The summed E-state index contributed by atoms with van der Waals surface area (Å²) < 4.78 is 0. The van der Waals surface area contributed by atoms with Gasteiger partial charge in [-0.05, 0) is 18.4 Å². The molecule has 4 saturated heterocycles. The molecule has 8 nitrogen and oxygen atoms in total. The molecule has 1 N–H and O–H groups in total. The Balaban J connectivity index is 0.000000172. The number of nitrogens with one attached hydrogen (secondary N) is 1. The highest BCUT2D eigenvalue weighted by Gasteiger charge is 2.34.